The monoisotopic (exact) mass is 213 g/mol. The fraction of sp³-hybridized carbons (Fsp3) is 0.400. The van der Waals surface area contributed by atoms with E-state index < -0.39 is 0 Å². The average molecular weight is 213 g/mol. The molecule has 1 rings (SSSR count). The lowest BCUT2D eigenvalue weighted by Crippen LogP contribution is -2.03. The predicted molar refractivity (Wildman–Crippen MR) is 58.6 cm³/mol. The summed E-state index contributed by atoms with van der Waals surface area (Å²) in [6, 6.07) is 6.13. The number of nitrogens with two attached hydrogens (primary N) is 1. The van der Waals surface area contributed by atoms with Crippen LogP contribution in [0, 0.1) is 0 Å². The Morgan fingerprint density at radius 2 is 2.21 bits per heavy atom. The van der Waals surface area contributed by atoms with Gasteiger partial charge in [0, 0.05) is 4.90 Å². The van der Waals surface area contributed by atoms with Crippen molar-refractivity contribution in [2.45, 2.75) is 11.3 Å². The van der Waals surface area contributed by atoms with Gasteiger partial charge in [0.2, 0.25) is 0 Å². The van der Waals surface area contributed by atoms with E-state index in [2.05, 4.69) is 17.0 Å². The third-order valence-electron chi connectivity index (χ3n) is 1.96. The molecule has 0 spiro atoms. The van der Waals surface area contributed by atoms with Crippen LogP contribution in [0.1, 0.15) is 5.56 Å². The van der Waals surface area contributed by atoms with Gasteiger partial charge in [0.15, 0.2) is 0 Å². The quantitative estimate of drug-likeness (QED) is 0.599. The summed E-state index contributed by atoms with van der Waals surface area (Å²) in [6.45, 7) is 0.530. The van der Waals surface area contributed by atoms with Crippen molar-refractivity contribution in [3.8, 4) is 5.75 Å². The minimum atomic E-state index is 0.530. The van der Waals surface area contributed by atoms with E-state index in [1.165, 1.54) is 5.56 Å². The summed E-state index contributed by atoms with van der Waals surface area (Å²) < 4.78 is 5.26. The molecule has 1 aromatic rings. The molecule has 0 aliphatic heterocycles. The third-order valence-corrected chi connectivity index (χ3v) is 2.73. The highest BCUT2D eigenvalue weighted by Crippen LogP contribution is 2.28. The van der Waals surface area contributed by atoms with E-state index in [0.29, 0.717) is 6.61 Å². The standard InChI is InChI=1S/C10H15NO2S/c1-12-9-7-8(5-6-13-11)3-4-10(9)14-2/h3-4,7H,5-6,11H2,1-2H3. The van der Waals surface area contributed by atoms with Gasteiger partial charge in [-0.3, -0.25) is 0 Å². The van der Waals surface area contributed by atoms with Crippen LogP contribution in [0.4, 0.5) is 0 Å². The first-order chi connectivity index (χ1) is 6.81. The van der Waals surface area contributed by atoms with Crippen molar-refractivity contribution in [1.29, 1.82) is 0 Å². The van der Waals surface area contributed by atoms with E-state index in [4.69, 9.17) is 10.6 Å². The van der Waals surface area contributed by atoms with Crippen molar-refractivity contribution < 1.29 is 9.57 Å². The van der Waals surface area contributed by atoms with Gasteiger partial charge in [-0.25, -0.2) is 5.90 Å². The molecule has 2 N–H and O–H groups in total. The topological polar surface area (TPSA) is 44.5 Å². The zero-order chi connectivity index (χ0) is 10.4. The average Bonchev–Trinajstić information content (AvgIpc) is 2.25. The molecule has 0 bridgehead atoms. The molecule has 4 heteroatoms. The van der Waals surface area contributed by atoms with Crippen LogP contribution < -0.4 is 10.6 Å². The van der Waals surface area contributed by atoms with Crippen LogP contribution in [0.15, 0.2) is 23.1 Å². The van der Waals surface area contributed by atoms with Gasteiger partial charge in [-0.15, -0.1) is 11.8 Å². The zero-order valence-electron chi connectivity index (χ0n) is 8.45. The molecule has 78 valence electrons. The summed E-state index contributed by atoms with van der Waals surface area (Å²) in [5.41, 5.74) is 1.17. The van der Waals surface area contributed by atoms with Gasteiger partial charge in [-0.1, -0.05) is 6.07 Å². The van der Waals surface area contributed by atoms with E-state index in [9.17, 15) is 0 Å². The van der Waals surface area contributed by atoms with Gasteiger partial charge in [0.1, 0.15) is 5.75 Å². The first kappa shape index (κ1) is 11.4. The molecule has 0 heterocycles. The summed E-state index contributed by atoms with van der Waals surface area (Å²) in [5.74, 6) is 5.88. The van der Waals surface area contributed by atoms with E-state index in [1.807, 2.05) is 12.3 Å². The Balaban J connectivity index is 2.79. The Kier molecular flexibility index (Phi) is 4.79. The first-order valence-electron chi connectivity index (χ1n) is 4.34. The minimum absolute atomic E-state index is 0.530. The van der Waals surface area contributed by atoms with E-state index in [0.717, 1.165) is 17.1 Å². The Morgan fingerprint density at radius 1 is 1.43 bits per heavy atom. The van der Waals surface area contributed by atoms with E-state index in [1.54, 1.807) is 18.9 Å². The van der Waals surface area contributed by atoms with Crippen molar-refractivity contribution >= 4 is 11.8 Å². The fourth-order valence-electron chi connectivity index (χ4n) is 1.21. The largest absolute Gasteiger partial charge is 0.496 e. The summed E-state index contributed by atoms with van der Waals surface area (Å²) in [6.07, 6.45) is 2.84. The second-order valence-corrected chi connectivity index (χ2v) is 3.66. The Hall–Kier alpha value is -0.710. The normalized spacial score (nSPS) is 10.2. The van der Waals surface area contributed by atoms with Crippen molar-refractivity contribution in [3.63, 3.8) is 0 Å². The van der Waals surface area contributed by atoms with Crippen LogP contribution in [0.5, 0.6) is 5.75 Å². The van der Waals surface area contributed by atoms with Gasteiger partial charge < -0.3 is 9.57 Å². The van der Waals surface area contributed by atoms with Crippen molar-refractivity contribution in [1.82, 2.24) is 0 Å². The number of benzene rings is 1. The van der Waals surface area contributed by atoms with E-state index >= 15 is 0 Å². The van der Waals surface area contributed by atoms with Crippen molar-refractivity contribution in [3.05, 3.63) is 23.8 Å². The maximum absolute atomic E-state index is 5.26. The molecule has 0 radical (unpaired) electrons. The molecule has 3 nitrogen and oxygen atoms in total. The molecule has 0 atom stereocenters. The predicted octanol–water partition coefficient (Wildman–Crippen LogP) is 1.85. The van der Waals surface area contributed by atoms with Gasteiger partial charge >= 0.3 is 0 Å². The Morgan fingerprint density at radius 3 is 2.79 bits per heavy atom. The summed E-state index contributed by atoms with van der Waals surface area (Å²) in [7, 11) is 1.68. The minimum Gasteiger partial charge on any atom is -0.496 e. The number of hydrogen-bond donors (Lipinski definition) is 1. The van der Waals surface area contributed by atoms with Gasteiger partial charge in [-0.05, 0) is 30.4 Å². The number of hydrogen-bond acceptors (Lipinski definition) is 4. The molecule has 0 unspecified atom stereocenters. The molecule has 0 aromatic heterocycles. The van der Waals surface area contributed by atoms with Crippen LogP contribution in [0.25, 0.3) is 0 Å². The fourth-order valence-corrected chi connectivity index (χ4v) is 1.76. The Bertz CT molecular complexity index is 291. The first-order valence-corrected chi connectivity index (χ1v) is 5.57. The lowest BCUT2D eigenvalue weighted by molar-refractivity contribution is 0.141. The van der Waals surface area contributed by atoms with Gasteiger partial charge in [0.05, 0.1) is 13.7 Å². The smallest absolute Gasteiger partial charge is 0.132 e. The van der Waals surface area contributed by atoms with Gasteiger partial charge in [-0.2, -0.15) is 0 Å². The molecule has 0 amide bonds. The second kappa shape index (κ2) is 5.90. The van der Waals surface area contributed by atoms with Crippen molar-refractivity contribution in [2.24, 2.45) is 5.90 Å². The number of ether oxygens (including phenoxy) is 1. The maximum atomic E-state index is 5.26. The van der Waals surface area contributed by atoms with Gasteiger partial charge in [0.25, 0.3) is 0 Å². The summed E-state index contributed by atoms with van der Waals surface area (Å²) >= 11 is 1.67. The lowest BCUT2D eigenvalue weighted by Gasteiger charge is -2.08. The van der Waals surface area contributed by atoms with Crippen LogP contribution in [0.3, 0.4) is 0 Å². The lowest BCUT2D eigenvalue weighted by atomic mass is 10.1. The highest BCUT2D eigenvalue weighted by Gasteiger charge is 2.02. The highest BCUT2D eigenvalue weighted by molar-refractivity contribution is 7.98. The molecule has 0 saturated heterocycles. The molecule has 1 aromatic carbocycles. The molecular formula is C10H15NO2S. The molecule has 0 fully saturated rings. The molecule has 14 heavy (non-hydrogen) atoms. The third kappa shape index (κ3) is 2.90. The summed E-state index contributed by atoms with van der Waals surface area (Å²) in [5, 5.41) is 0. The number of thioether (sulfide) groups is 1. The SMILES string of the molecule is COc1cc(CCON)ccc1SC. The van der Waals surface area contributed by atoms with Crippen LogP contribution in [0.2, 0.25) is 0 Å². The second-order valence-electron chi connectivity index (χ2n) is 2.81. The van der Waals surface area contributed by atoms with Crippen LogP contribution in [-0.4, -0.2) is 20.0 Å². The summed E-state index contributed by atoms with van der Waals surface area (Å²) in [4.78, 5) is 5.67. The van der Waals surface area contributed by atoms with Crippen molar-refractivity contribution in [2.75, 3.05) is 20.0 Å². The maximum Gasteiger partial charge on any atom is 0.132 e. The number of rotatable bonds is 5. The van der Waals surface area contributed by atoms with Crippen LogP contribution >= 0.6 is 11.8 Å². The van der Waals surface area contributed by atoms with E-state index in [-0.39, 0.29) is 0 Å². The zero-order valence-corrected chi connectivity index (χ0v) is 9.26. The molecular weight excluding hydrogens is 198 g/mol. The van der Waals surface area contributed by atoms with Crippen LogP contribution in [-0.2, 0) is 11.3 Å². The molecule has 0 aliphatic carbocycles. The molecule has 0 saturated carbocycles. The number of methoxy groups -OCH3 is 1. The molecule has 0 aliphatic rings. The Labute approximate surface area is 88.5 Å². The highest BCUT2D eigenvalue weighted by atomic mass is 32.2.